The van der Waals surface area contributed by atoms with Gasteiger partial charge in [0.1, 0.15) is 11.6 Å². The van der Waals surface area contributed by atoms with Crippen LogP contribution < -0.4 is 10.6 Å². The first-order chi connectivity index (χ1) is 9.08. The maximum Gasteiger partial charge on any atom is 0.267 e. The van der Waals surface area contributed by atoms with Crippen LogP contribution in [0.3, 0.4) is 0 Å². The van der Waals surface area contributed by atoms with Gasteiger partial charge in [-0.15, -0.1) is 11.6 Å². The fourth-order valence-electron chi connectivity index (χ4n) is 1.25. The summed E-state index contributed by atoms with van der Waals surface area (Å²) >= 11 is 11.4. The molecule has 1 aromatic rings. The summed E-state index contributed by atoms with van der Waals surface area (Å²) in [6, 6.07) is 6.97. The van der Waals surface area contributed by atoms with E-state index in [0.717, 1.165) is 5.56 Å². The zero-order valence-corrected chi connectivity index (χ0v) is 11.8. The van der Waals surface area contributed by atoms with E-state index in [1.54, 1.807) is 18.2 Å². The molecule has 0 atom stereocenters. The first-order valence-electron chi connectivity index (χ1n) is 5.55. The van der Waals surface area contributed by atoms with Gasteiger partial charge in [-0.05, 0) is 24.6 Å². The Morgan fingerprint density at radius 1 is 1.53 bits per heavy atom. The van der Waals surface area contributed by atoms with Crippen molar-refractivity contribution in [2.45, 2.75) is 6.92 Å². The van der Waals surface area contributed by atoms with Crippen molar-refractivity contribution in [3.63, 3.8) is 0 Å². The summed E-state index contributed by atoms with van der Waals surface area (Å²) in [4.78, 5) is 11.8. The van der Waals surface area contributed by atoms with Crippen LogP contribution in [-0.4, -0.2) is 18.3 Å². The highest BCUT2D eigenvalue weighted by atomic mass is 35.5. The van der Waals surface area contributed by atoms with Crippen molar-refractivity contribution >= 4 is 34.8 Å². The van der Waals surface area contributed by atoms with Crippen LogP contribution in [0.1, 0.15) is 5.56 Å². The first kappa shape index (κ1) is 15.4. The smallest absolute Gasteiger partial charge is 0.267 e. The van der Waals surface area contributed by atoms with Crippen LogP contribution in [0, 0.1) is 18.3 Å². The summed E-state index contributed by atoms with van der Waals surface area (Å²) in [5.74, 6) is -0.103. The molecule has 0 aliphatic carbocycles. The van der Waals surface area contributed by atoms with Crippen molar-refractivity contribution in [2.75, 3.05) is 17.7 Å². The van der Waals surface area contributed by atoms with Crippen LogP contribution in [0.4, 0.5) is 5.69 Å². The number of hydrogen-bond acceptors (Lipinski definition) is 3. The largest absolute Gasteiger partial charge is 0.388 e. The normalized spacial score (nSPS) is 10.7. The minimum Gasteiger partial charge on any atom is -0.388 e. The molecule has 0 heterocycles. The van der Waals surface area contributed by atoms with Crippen molar-refractivity contribution in [3.8, 4) is 6.07 Å². The van der Waals surface area contributed by atoms with Gasteiger partial charge in [0.15, 0.2) is 0 Å². The Balaban J connectivity index is 2.74. The van der Waals surface area contributed by atoms with Crippen molar-refractivity contribution in [1.29, 1.82) is 5.26 Å². The monoisotopic (exact) mass is 297 g/mol. The molecule has 0 aliphatic rings. The molecule has 1 aromatic carbocycles. The number of alkyl halides is 1. The molecular weight excluding hydrogens is 285 g/mol. The first-order valence-corrected chi connectivity index (χ1v) is 6.47. The van der Waals surface area contributed by atoms with Gasteiger partial charge in [-0.1, -0.05) is 17.7 Å². The lowest BCUT2D eigenvalue weighted by atomic mass is 10.2. The van der Waals surface area contributed by atoms with E-state index in [9.17, 15) is 4.79 Å². The second kappa shape index (κ2) is 7.67. The molecule has 100 valence electrons. The summed E-state index contributed by atoms with van der Waals surface area (Å²) in [6.45, 7) is 2.35. The number of hydrogen-bond donors (Lipinski definition) is 2. The second-order valence-electron chi connectivity index (χ2n) is 3.73. The molecule has 0 spiro atoms. The Kier molecular flexibility index (Phi) is 6.20. The molecule has 19 heavy (non-hydrogen) atoms. The van der Waals surface area contributed by atoms with E-state index in [0.29, 0.717) is 23.1 Å². The number of rotatable bonds is 5. The van der Waals surface area contributed by atoms with Gasteiger partial charge in [-0.25, -0.2) is 0 Å². The van der Waals surface area contributed by atoms with E-state index in [4.69, 9.17) is 28.5 Å². The number of benzene rings is 1. The molecule has 0 bridgehead atoms. The highest BCUT2D eigenvalue weighted by Crippen LogP contribution is 2.20. The molecule has 4 nitrogen and oxygen atoms in total. The number of carbonyl (C=O) groups is 1. The topological polar surface area (TPSA) is 64.9 Å². The van der Waals surface area contributed by atoms with Gasteiger partial charge < -0.3 is 10.6 Å². The molecule has 1 rings (SSSR count). The third-order valence-corrected chi connectivity index (χ3v) is 2.88. The van der Waals surface area contributed by atoms with Gasteiger partial charge in [-0.3, -0.25) is 4.79 Å². The predicted molar refractivity (Wildman–Crippen MR) is 77.2 cm³/mol. The zero-order valence-electron chi connectivity index (χ0n) is 10.3. The van der Waals surface area contributed by atoms with E-state index >= 15 is 0 Å². The third kappa shape index (κ3) is 4.82. The SMILES string of the molecule is Cc1ccc(NC(=O)/C(C#N)=C\NCCCl)cc1Cl. The summed E-state index contributed by atoms with van der Waals surface area (Å²) in [5.41, 5.74) is 1.43. The Bertz CT molecular complexity index is 535. The summed E-state index contributed by atoms with van der Waals surface area (Å²) in [5, 5.41) is 14.8. The molecule has 1 amide bonds. The number of nitriles is 1. The van der Waals surface area contributed by atoms with E-state index in [-0.39, 0.29) is 5.57 Å². The highest BCUT2D eigenvalue weighted by molar-refractivity contribution is 6.31. The van der Waals surface area contributed by atoms with Gasteiger partial charge in [0, 0.05) is 29.3 Å². The minimum absolute atomic E-state index is 0.0261. The molecule has 0 saturated heterocycles. The number of halogens is 2. The average molecular weight is 298 g/mol. The second-order valence-corrected chi connectivity index (χ2v) is 4.52. The molecule has 6 heteroatoms. The highest BCUT2D eigenvalue weighted by Gasteiger charge is 2.09. The van der Waals surface area contributed by atoms with Crippen LogP contribution in [0.25, 0.3) is 0 Å². The summed E-state index contributed by atoms with van der Waals surface area (Å²) in [7, 11) is 0. The zero-order chi connectivity index (χ0) is 14.3. The van der Waals surface area contributed by atoms with Gasteiger partial charge in [0.05, 0.1) is 0 Å². The molecular formula is C13H13Cl2N3O. The fraction of sp³-hybridized carbons (Fsp3) is 0.231. The maximum atomic E-state index is 11.8. The van der Waals surface area contributed by atoms with E-state index in [1.807, 2.05) is 13.0 Å². The third-order valence-electron chi connectivity index (χ3n) is 2.28. The Morgan fingerprint density at radius 2 is 2.26 bits per heavy atom. The number of carbonyl (C=O) groups excluding carboxylic acids is 1. The Labute approximate surface area is 122 Å². The van der Waals surface area contributed by atoms with Crippen molar-refractivity contribution in [1.82, 2.24) is 5.32 Å². The maximum absolute atomic E-state index is 11.8. The Morgan fingerprint density at radius 3 is 2.84 bits per heavy atom. The quantitative estimate of drug-likeness (QED) is 0.380. The number of nitrogens with one attached hydrogen (secondary N) is 2. The van der Waals surface area contributed by atoms with Crippen molar-refractivity contribution in [3.05, 3.63) is 40.6 Å². The Hall–Kier alpha value is -1.70. The predicted octanol–water partition coefficient (Wildman–Crippen LogP) is 2.82. The van der Waals surface area contributed by atoms with Crippen molar-refractivity contribution in [2.24, 2.45) is 0 Å². The number of nitrogens with zero attached hydrogens (tertiary/aromatic N) is 1. The molecule has 0 fully saturated rings. The minimum atomic E-state index is -0.496. The van der Waals surface area contributed by atoms with Gasteiger partial charge in [0.2, 0.25) is 0 Å². The summed E-state index contributed by atoms with van der Waals surface area (Å²) in [6.07, 6.45) is 1.34. The van der Waals surface area contributed by atoms with E-state index in [1.165, 1.54) is 6.20 Å². The number of amides is 1. The molecule has 2 N–H and O–H groups in total. The average Bonchev–Trinajstić information content (AvgIpc) is 2.39. The fourth-order valence-corrected chi connectivity index (χ4v) is 1.54. The molecule has 0 aromatic heterocycles. The lowest BCUT2D eigenvalue weighted by molar-refractivity contribution is -0.112. The van der Waals surface area contributed by atoms with Crippen LogP contribution in [0.5, 0.6) is 0 Å². The number of aryl methyl sites for hydroxylation is 1. The van der Waals surface area contributed by atoms with E-state index in [2.05, 4.69) is 10.6 Å². The molecule has 0 unspecified atom stereocenters. The van der Waals surface area contributed by atoms with Gasteiger partial charge in [0.25, 0.3) is 5.91 Å². The molecule has 0 aliphatic heterocycles. The molecule has 0 radical (unpaired) electrons. The van der Waals surface area contributed by atoms with E-state index < -0.39 is 5.91 Å². The molecule has 0 saturated carbocycles. The van der Waals surface area contributed by atoms with Crippen LogP contribution in [0.2, 0.25) is 5.02 Å². The number of anilines is 1. The standard InChI is InChI=1S/C13H13Cl2N3O/c1-9-2-3-11(6-12(9)15)18-13(19)10(7-16)8-17-5-4-14/h2-3,6,8,17H,4-5H2,1H3,(H,18,19)/b10-8-. The van der Waals surface area contributed by atoms with Gasteiger partial charge in [-0.2, -0.15) is 5.26 Å². The lowest BCUT2D eigenvalue weighted by Crippen LogP contribution is -2.17. The van der Waals surface area contributed by atoms with Crippen LogP contribution >= 0.6 is 23.2 Å². The lowest BCUT2D eigenvalue weighted by Gasteiger charge is -2.06. The van der Waals surface area contributed by atoms with Gasteiger partial charge >= 0.3 is 0 Å². The van der Waals surface area contributed by atoms with Crippen LogP contribution in [0.15, 0.2) is 30.0 Å². The summed E-state index contributed by atoms with van der Waals surface area (Å²) < 4.78 is 0. The van der Waals surface area contributed by atoms with Crippen LogP contribution in [-0.2, 0) is 4.79 Å². The van der Waals surface area contributed by atoms with Crippen molar-refractivity contribution < 1.29 is 4.79 Å².